The molecule has 1 fully saturated rings. The zero-order valence-electron chi connectivity index (χ0n) is 10.5. The smallest absolute Gasteiger partial charge is 0.329 e. The molecule has 1 aromatic rings. The van der Waals surface area contributed by atoms with Crippen LogP contribution in [0.4, 0.5) is 5.69 Å². The molecule has 3 N–H and O–H groups in total. The maximum absolute atomic E-state index is 11.5. The highest BCUT2D eigenvalue weighted by Gasteiger charge is 2.44. The average molecular weight is 283 g/mol. The number of carboxylic acid groups (broad SMARTS) is 1. The summed E-state index contributed by atoms with van der Waals surface area (Å²) >= 11 is 5.95. The lowest BCUT2D eigenvalue weighted by molar-refractivity contribution is -0.142. The molecule has 2 rings (SSSR count). The Hall–Kier alpha value is -1.75. The quantitative estimate of drug-likeness (QED) is 0.887. The van der Waals surface area contributed by atoms with Gasteiger partial charge in [-0.15, -0.1) is 0 Å². The van der Waals surface area contributed by atoms with Crippen LogP contribution < -0.4 is 10.6 Å². The summed E-state index contributed by atoms with van der Waals surface area (Å²) in [4.78, 5) is 24.7. The molecule has 6 heteroatoms. The number of nitrogens with zero attached hydrogens (tertiary/aromatic N) is 1. The number of carbonyl (C=O) groups excluding carboxylic acids is 1. The predicted octanol–water partition coefficient (Wildman–Crippen LogP) is 1.88. The Morgan fingerprint density at radius 2 is 2.16 bits per heavy atom. The number of benzene rings is 1. The van der Waals surface area contributed by atoms with Crippen LogP contribution in [0.1, 0.15) is 30.1 Å². The second-order valence-corrected chi connectivity index (χ2v) is 5.30. The second kappa shape index (κ2) is 4.74. The van der Waals surface area contributed by atoms with Crippen molar-refractivity contribution in [2.45, 2.75) is 25.3 Å². The molecule has 1 atom stereocenters. The fraction of sp³-hybridized carbons (Fsp3) is 0.385. The highest BCUT2D eigenvalue weighted by molar-refractivity contribution is 6.31. The highest BCUT2D eigenvalue weighted by atomic mass is 35.5. The number of amides is 1. The Balaban J connectivity index is 2.55. The van der Waals surface area contributed by atoms with Crippen molar-refractivity contribution in [2.24, 2.45) is 5.73 Å². The normalized spacial score (nSPS) is 22.5. The van der Waals surface area contributed by atoms with Crippen LogP contribution in [0.5, 0.6) is 0 Å². The van der Waals surface area contributed by atoms with E-state index in [0.717, 1.165) is 6.42 Å². The Bertz CT molecular complexity index is 547. The van der Waals surface area contributed by atoms with Crippen molar-refractivity contribution in [3.63, 3.8) is 0 Å². The fourth-order valence-corrected chi connectivity index (χ4v) is 2.67. The summed E-state index contributed by atoms with van der Waals surface area (Å²) in [6, 6.07) is 4.69. The molecule has 1 saturated heterocycles. The zero-order valence-corrected chi connectivity index (χ0v) is 11.3. The molecule has 0 bridgehead atoms. The maximum Gasteiger partial charge on any atom is 0.329 e. The van der Waals surface area contributed by atoms with E-state index in [9.17, 15) is 14.7 Å². The van der Waals surface area contributed by atoms with Gasteiger partial charge in [0.1, 0.15) is 5.54 Å². The number of primary amides is 1. The van der Waals surface area contributed by atoms with Crippen molar-refractivity contribution in [1.82, 2.24) is 0 Å². The molecular weight excluding hydrogens is 268 g/mol. The van der Waals surface area contributed by atoms with Gasteiger partial charge in [-0.25, -0.2) is 4.79 Å². The van der Waals surface area contributed by atoms with Crippen LogP contribution in [0, 0.1) is 0 Å². The van der Waals surface area contributed by atoms with Crippen LogP contribution in [0.15, 0.2) is 18.2 Å². The summed E-state index contributed by atoms with van der Waals surface area (Å²) in [7, 11) is 0. The highest BCUT2D eigenvalue weighted by Crippen LogP contribution is 2.37. The van der Waals surface area contributed by atoms with Gasteiger partial charge < -0.3 is 15.7 Å². The zero-order chi connectivity index (χ0) is 14.2. The van der Waals surface area contributed by atoms with Crippen molar-refractivity contribution < 1.29 is 14.7 Å². The van der Waals surface area contributed by atoms with Gasteiger partial charge >= 0.3 is 5.97 Å². The number of rotatable bonds is 3. The molecule has 0 aliphatic carbocycles. The molecule has 1 amide bonds. The molecule has 1 heterocycles. The molecule has 0 spiro atoms. The first-order valence-electron chi connectivity index (χ1n) is 5.96. The molecule has 1 aliphatic heterocycles. The number of anilines is 1. The van der Waals surface area contributed by atoms with Crippen LogP contribution >= 0.6 is 11.6 Å². The van der Waals surface area contributed by atoms with E-state index in [1.807, 2.05) is 0 Å². The summed E-state index contributed by atoms with van der Waals surface area (Å²) in [5, 5.41) is 9.86. The molecule has 5 nitrogen and oxygen atoms in total. The first kappa shape index (κ1) is 13.7. The summed E-state index contributed by atoms with van der Waals surface area (Å²) in [5.41, 5.74) is 5.09. The Labute approximate surface area is 116 Å². The third-order valence-electron chi connectivity index (χ3n) is 3.62. The molecule has 1 aliphatic rings. The van der Waals surface area contributed by atoms with E-state index >= 15 is 0 Å². The third kappa shape index (κ3) is 2.26. The van der Waals surface area contributed by atoms with Gasteiger partial charge in [0.25, 0.3) is 5.91 Å². The van der Waals surface area contributed by atoms with E-state index < -0.39 is 17.4 Å². The molecule has 0 radical (unpaired) electrons. The van der Waals surface area contributed by atoms with Gasteiger partial charge in [-0.3, -0.25) is 4.79 Å². The van der Waals surface area contributed by atoms with Gasteiger partial charge in [-0.1, -0.05) is 11.6 Å². The molecule has 0 aromatic heterocycles. The lowest BCUT2D eigenvalue weighted by Crippen LogP contribution is -2.48. The van der Waals surface area contributed by atoms with Gasteiger partial charge in [0.15, 0.2) is 0 Å². The first-order chi connectivity index (χ1) is 8.86. The number of nitrogens with two attached hydrogens (primary N) is 1. The monoisotopic (exact) mass is 282 g/mol. The molecule has 19 heavy (non-hydrogen) atoms. The maximum atomic E-state index is 11.5. The third-order valence-corrected chi connectivity index (χ3v) is 3.85. The number of carbonyl (C=O) groups is 2. The topological polar surface area (TPSA) is 83.6 Å². The van der Waals surface area contributed by atoms with Crippen LogP contribution in [0.3, 0.4) is 0 Å². The lowest BCUT2D eigenvalue weighted by atomic mass is 9.98. The van der Waals surface area contributed by atoms with Crippen molar-refractivity contribution in [3.05, 3.63) is 28.8 Å². The SMILES string of the molecule is CC1(C(=O)O)CCCN1c1cc(Cl)ccc1C(N)=O. The Morgan fingerprint density at radius 1 is 1.47 bits per heavy atom. The van der Waals surface area contributed by atoms with Crippen molar-refractivity contribution >= 4 is 29.2 Å². The predicted molar refractivity (Wildman–Crippen MR) is 72.6 cm³/mol. The molecule has 0 saturated carbocycles. The second-order valence-electron chi connectivity index (χ2n) is 4.86. The van der Waals surface area contributed by atoms with Crippen molar-refractivity contribution in [2.75, 3.05) is 11.4 Å². The van der Waals surface area contributed by atoms with E-state index in [0.29, 0.717) is 29.2 Å². The summed E-state index contributed by atoms with van der Waals surface area (Å²) in [6.07, 6.45) is 1.26. The Kier molecular flexibility index (Phi) is 3.41. The summed E-state index contributed by atoms with van der Waals surface area (Å²) < 4.78 is 0. The van der Waals surface area contributed by atoms with Gasteiger partial charge in [0, 0.05) is 11.6 Å². The lowest BCUT2D eigenvalue weighted by Gasteiger charge is -2.34. The largest absolute Gasteiger partial charge is 0.480 e. The standard InChI is InChI=1S/C13H15ClN2O3/c1-13(12(18)19)5-2-6-16(13)10-7-8(14)3-4-9(10)11(15)17/h3-4,7H,2,5-6H2,1H3,(H2,15,17)(H,18,19). The Morgan fingerprint density at radius 3 is 2.74 bits per heavy atom. The number of aliphatic carboxylic acids is 1. The van der Waals surface area contributed by atoms with Gasteiger partial charge in [-0.2, -0.15) is 0 Å². The van der Waals surface area contributed by atoms with E-state index in [4.69, 9.17) is 17.3 Å². The minimum atomic E-state index is -1.03. The molecular formula is C13H15ClN2O3. The molecule has 102 valence electrons. The minimum absolute atomic E-state index is 0.291. The van der Waals surface area contributed by atoms with Gasteiger partial charge in [-0.05, 0) is 38.0 Å². The number of hydrogen-bond donors (Lipinski definition) is 2. The number of hydrogen-bond acceptors (Lipinski definition) is 3. The van der Waals surface area contributed by atoms with Crippen LogP contribution in [0.25, 0.3) is 0 Å². The number of carboxylic acids is 1. The van der Waals surface area contributed by atoms with Gasteiger partial charge in [0.05, 0.1) is 11.3 Å². The van der Waals surface area contributed by atoms with E-state index in [-0.39, 0.29) is 0 Å². The molecule has 1 aromatic carbocycles. The summed E-state index contributed by atoms with van der Waals surface area (Å²) in [6.45, 7) is 2.21. The fourth-order valence-electron chi connectivity index (χ4n) is 2.51. The first-order valence-corrected chi connectivity index (χ1v) is 6.34. The van der Waals surface area contributed by atoms with Crippen LogP contribution in [-0.4, -0.2) is 29.1 Å². The van der Waals surface area contributed by atoms with E-state index in [1.54, 1.807) is 24.0 Å². The average Bonchev–Trinajstić information content (AvgIpc) is 2.72. The van der Waals surface area contributed by atoms with E-state index in [1.165, 1.54) is 6.07 Å². The van der Waals surface area contributed by atoms with Crippen molar-refractivity contribution in [3.8, 4) is 0 Å². The summed E-state index contributed by atoms with van der Waals surface area (Å²) in [5.74, 6) is -1.51. The van der Waals surface area contributed by atoms with Crippen LogP contribution in [0.2, 0.25) is 5.02 Å². The number of halogens is 1. The van der Waals surface area contributed by atoms with Crippen molar-refractivity contribution in [1.29, 1.82) is 0 Å². The van der Waals surface area contributed by atoms with E-state index in [2.05, 4.69) is 0 Å². The van der Waals surface area contributed by atoms with Gasteiger partial charge in [0.2, 0.25) is 0 Å². The minimum Gasteiger partial charge on any atom is -0.480 e. The molecule has 1 unspecified atom stereocenters. The van der Waals surface area contributed by atoms with Crippen LogP contribution in [-0.2, 0) is 4.79 Å².